The van der Waals surface area contributed by atoms with E-state index in [2.05, 4.69) is 65.7 Å². The molecular weight excluding hydrogens is 304 g/mol. The summed E-state index contributed by atoms with van der Waals surface area (Å²) in [7, 11) is 0. The molecule has 2 saturated heterocycles. The van der Waals surface area contributed by atoms with Crippen molar-refractivity contribution in [3.8, 4) is 11.1 Å². The second-order valence-corrected chi connectivity index (χ2v) is 7.71. The van der Waals surface area contributed by atoms with E-state index in [9.17, 15) is 0 Å². The average molecular weight is 335 g/mol. The first-order valence-corrected chi connectivity index (χ1v) is 9.96. The van der Waals surface area contributed by atoms with Crippen molar-refractivity contribution in [3.05, 3.63) is 59.7 Å². The Hall–Kier alpha value is -1.64. The number of likely N-dealkylation sites (tertiary alicyclic amines) is 1. The molecule has 0 saturated carbocycles. The molecule has 2 heteroatoms. The van der Waals surface area contributed by atoms with Crippen molar-refractivity contribution in [2.24, 2.45) is 0 Å². The fourth-order valence-corrected chi connectivity index (χ4v) is 4.38. The van der Waals surface area contributed by atoms with Crippen molar-refractivity contribution in [1.82, 2.24) is 10.2 Å². The standard InChI is InChI=1S/C23H30N2/c1-18(25-15-2-3-16-25)19-6-8-20(9-7-19)21-10-12-22(13-11-21)23-5-4-14-24-17-23/h6-13,18,23-24H,2-5,14-17H2,1H3. The van der Waals surface area contributed by atoms with E-state index < -0.39 is 0 Å². The number of rotatable bonds is 4. The van der Waals surface area contributed by atoms with Gasteiger partial charge >= 0.3 is 0 Å². The molecule has 2 fully saturated rings. The van der Waals surface area contributed by atoms with Crippen LogP contribution < -0.4 is 5.32 Å². The zero-order chi connectivity index (χ0) is 17.1. The first kappa shape index (κ1) is 16.8. The first-order chi connectivity index (χ1) is 12.3. The lowest BCUT2D eigenvalue weighted by molar-refractivity contribution is 0.263. The van der Waals surface area contributed by atoms with Crippen LogP contribution in [0, 0.1) is 0 Å². The van der Waals surface area contributed by atoms with Gasteiger partial charge in [0.25, 0.3) is 0 Å². The van der Waals surface area contributed by atoms with E-state index in [1.807, 2.05) is 0 Å². The average Bonchev–Trinajstić information content (AvgIpc) is 3.23. The number of hydrogen-bond donors (Lipinski definition) is 1. The van der Waals surface area contributed by atoms with Crippen molar-refractivity contribution in [2.75, 3.05) is 26.2 Å². The monoisotopic (exact) mass is 334 g/mol. The minimum absolute atomic E-state index is 0.540. The van der Waals surface area contributed by atoms with Crippen LogP contribution in [0.4, 0.5) is 0 Å². The predicted octanol–water partition coefficient (Wildman–Crippen LogP) is 4.98. The van der Waals surface area contributed by atoms with Crippen LogP contribution in [0.1, 0.15) is 55.7 Å². The Morgan fingerprint density at radius 1 is 0.880 bits per heavy atom. The van der Waals surface area contributed by atoms with Gasteiger partial charge in [0.2, 0.25) is 0 Å². The molecule has 2 nitrogen and oxygen atoms in total. The van der Waals surface area contributed by atoms with Crippen molar-refractivity contribution in [2.45, 2.75) is 44.6 Å². The molecule has 2 unspecified atom stereocenters. The van der Waals surface area contributed by atoms with E-state index in [0.717, 1.165) is 6.54 Å². The highest BCUT2D eigenvalue weighted by molar-refractivity contribution is 5.64. The normalized spacial score (nSPS) is 22.8. The molecule has 132 valence electrons. The molecule has 0 amide bonds. The van der Waals surface area contributed by atoms with Gasteiger partial charge in [-0.05, 0) is 80.4 Å². The van der Waals surface area contributed by atoms with Gasteiger partial charge in [0.1, 0.15) is 0 Å². The van der Waals surface area contributed by atoms with Crippen LogP contribution in [0.25, 0.3) is 11.1 Å². The van der Waals surface area contributed by atoms with Gasteiger partial charge in [-0.3, -0.25) is 4.90 Å². The maximum absolute atomic E-state index is 3.52. The number of nitrogens with one attached hydrogen (secondary N) is 1. The summed E-state index contributed by atoms with van der Waals surface area (Å²) < 4.78 is 0. The van der Waals surface area contributed by atoms with Crippen LogP contribution in [0.15, 0.2) is 48.5 Å². The minimum Gasteiger partial charge on any atom is -0.316 e. The maximum Gasteiger partial charge on any atom is 0.0319 e. The van der Waals surface area contributed by atoms with Crippen LogP contribution in [-0.4, -0.2) is 31.1 Å². The fourth-order valence-electron chi connectivity index (χ4n) is 4.38. The lowest BCUT2D eigenvalue weighted by Crippen LogP contribution is -2.28. The second kappa shape index (κ2) is 7.72. The molecule has 25 heavy (non-hydrogen) atoms. The maximum atomic E-state index is 3.52. The molecule has 0 radical (unpaired) electrons. The molecule has 2 heterocycles. The van der Waals surface area contributed by atoms with Gasteiger partial charge in [0.05, 0.1) is 0 Å². The molecule has 2 aromatic rings. The fraction of sp³-hybridized carbons (Fsp3) is 0.478. The van der Waals surface area contributed by atoms with Gasteiger partial charge in [-0.25, -0.2) is 0 Å². The summed E-state index contributed by atoms with van der Waals surface area (Å²) in [6.45, 7) is 7.15. The quantitative estimate of drug-likeness (QED) is 0.848. The Labute approximate surface area is 152 Å². The van der Waals surface area contributed by atoms with E-state index in [-0.39, 0.29) is 0 Å². The minimum atomic E-state index is 0.540. The van der Waals surface area contributed by atoms with E-state index >= 15 is 0 Å². The predicted molar refractivity (Wildman–Crippen MR) is 106 cm³/mol. The molecule has 2 aliphatic heterocycles. The third-order valence-corrected chi connectivity index (χ3v) is 6.09. The first-order valence-electron chi connectivity index (χ1n) is 9.96. The zero-order valence-electron chi connectivity index (χ0n) is 15.4. The summed E-state index contributed by atoms with van der Waals surface area (Å²) in [5, 5.41) is 3.52. The van der Waals surface area contributed by atoms with E-state index in [0.29, 0.717) is 12.0 Å². The van der Waals surface area contributed by atoms with E-state index in [4.69, 9.17) is 0 Å². The van der Waals surface area contributed by atoms with Gasteiger partial charge in [0, 0.05) is 12.6 Å². The lowest BCUT2D eigenvalue weighted by Gasteiger charge is -2.24. The molecule has 1 N–H and O–H groups in total. The Kier molecular flexibility index (Phi) is 5.19. The van der Waals surface area contributed by atoms with Crippen molar-refractivity contribution in [1.29, 1.82) is 0 Å². The van der Waals surface area contributed by atoms with E-state index in [1.54, 1.807) is 0 Å². The van der Waals surface area contributed by atoms with Crippen LogP contribution >= 0.6 is 0 Å². The summed E-state index contributed by atoms with van der Waals surface area (Å²) in [5.41, 5.74) is 5.57. The highest BCUT2D eigenvalue weighted by Gasteiger charge is 2.19. The second-order valence-electron chi connectivity index (χ2n) is 7.71. The molecule has 2 aromatic carbocycles. The van der Waals surface area contributed by atoms with Gasteiger partial charge in [-0.1, -0.05) is 48.5 Å². The number of piperidine rings is 1. The van der Waals surface area contributed by atoms with Gasteiger partial charge in [-0.2, -0.15) is 0 Å². The van der Waals surface area contributed by atoms with Crippen molar-refractivity contribution in [3.63, 3.8) is 0 Å². The molecule has 0 spiro atoms. The molecule has 4 rings (SSSR count). The van der Waals surface area contributed by atoms with Crippen molar-refractivity contribution >= 4 is 0 Å². The largest absolute Gasteiger partial charge is 0.316 e. The van der Waals surface area contributed by atoms with Gasteiger partial charge < -0.3 is 5.32 Å². The molecular formula is C23H30N2. The summed E-state index contributed by atoms with van der Waals surface area (Å²) >= 11 is 0. The molecule has 0 bridgehead atoms. The van der Waals surface area contributed by atoms with Crippen LogP contribution in [0.2, 0.25) is 0 Å². The number of nitrogens with zero attached hydrogens (tertiary/aromatic N) is 1. The highest BCUT2D eigenvalue weighted by Crippen LogP contribution is 2.29. The number of hydrogen-bond acceptors (Lipinski definition) is 2. The summed E-state index contributed by atoms with van der Waals surface area (Å²) in [4.78, 5) is 2.60. The topological polar surface area (TPSA) is 15.3 Å². The van der Waals surface area contributed by atoms with Crippen molar-refractivity contribution < 1.29 is 0 Å². The van der Waals surface area contributed by atoms with Crippen LogP contribution in [0.3, 0.4) is 0 Å². The molecule has 0 aromatic heterocycles. The Morgan fingerprint density at radius 2 is 1.52 bits per heavy atom. The van der Waals surface area contributed by atoms with Gasteiger partial charge in [-0.15, -0.1) is 0 Å². The van der Waals surface area contributed by atoms with E-state index in [1.165, 1.54) is 67.6 Å². The summed E-state index contributed by atoms with van der Waals surface area (Å²) in [5.74, 6) is 0.687. The Bertz CT molecular complexity index is 662. The zero-order valence-corrected chi connectivity index (χ0v) is 15.4. The van der Waals surface area contributed by atoms with Gasteiger partial charge in [0.15, 0.2) is 0 Å². The van der Waals surface area contributed by atoms with Crippen LogP contribution in [0.5, 0.6) is 0 Å². The Morgan fingerprint density at radius 3 is 2.12 bits per heavy atom. The molecule has 2 aliphatic rings. The van der Waals surface area contributed by atoms with Crippen LogP contribution in [-0.2, 0) is 0 Å². The molecule has 0 aliphatic carbocycles. The SMILES string of the molecule is CC(c1ccc(-c2ccc(C3CCCNC3)cc2)cc1)N1CCCC1. The smallest absolute Gasteiger partial charge is 0.0319 e. The number of benzene rings is 2. The third kappa shape index (κ3) is 3.80. The third-order valence-electron chi connectivity index (χ3n) is 6.09. The molecule has 2 atom stereocenters. The summed E-state index contributed by atoms with van der Waals surface area (Å²) in [6, 6.07) is 19.0. The summed E-state index contributed by atoms with van der Waals surface area (Å²) in [6.07, 6.45) is 5.31. The highest BCUT2D eigenvalue weighted by atomic mass is 15.2. The Balaban J connectivity index is 1.46. The lowest BCUT2D eigenvalue weighted by atomic mass is 9.90.